The fourth-order valence-electron chi connectivity index (χ4n) is 2.07. The molecule has 0 aromatic carbocycles. The molecule has 4 nitrogen and oxygen atoms in total. The van der Waals surface area contributed by atoms with E-state index in [1.54, 1.807) is 19.2 Å². The lowest BCUT2D eigenvalue weighted by atomic mass is 9.85. The monoisotopic (exact) mass is 246 g/mol. The Labute approximate surface area is 107 Å². The zero-order valence-corrected chi connectivity index (χ0v) is 10.8. The van der Waals surface area contributed by atoms with Crippen LogP contribution in [0.2, 0.25) is 0 Å². The van der Waals surface area contributed by atoms with Crippen LogP contribution in [0.5, 0.6) is 0 Å². The summed E-state index contributed by atoms with van der Waals surface area (Å²) < 4.78 is 5.33. The van der Waals surface area contributed by atoms with Gasteiger partial charge in [-0.3, -0.25) is 0 Å². The summed E-state index contributed by atoms with van der Waals surface area (Å²) in [6.45, 7) is 4.41. The van der Waals surface area contributed by atoms with Crippen LogP contribution in [-0.2, 0) is 4.74 Å². The summed E-state index contributed by atoms with van der Waals surface area (Å²) in [6.07, 6.45) is 7.97. The van der Waals surface area contributed by atoms with Gasteiger partial charge in [-0.15, -0.1) is 0 Å². The Morgan fingerprint density at radius 1 is 1.44 bits per heavy atom. The third kappa shape index (κ3) is 3.15. The van der Waals surface area contributed by atoms with E-state index in [9.17, 15) is 4.79 Å². The highest BCUT2D eigenvalue weighted by molar-refractivity contribution is 5.87. The van der Waals surface area contributed by atoms with Gasteiger partial charge in [-0.2, -0.15) is 0 Å². The molecule has 0 fully saturated rings. The van der Waals surface area contributed by atoms with Gasteiger partial charge < -0.3 is 4.74 Å². The van der Waals surface area contributed by atoms with Crippen molar-refractivity contribution in [2.75, 3.05) is 6.61 Å². The molecule has 0 spiro atoms. The molecule has 0 radical (unpaired) electrons. The van der Waals surface area contributed by atoms with Gasteiger partial charge in [0.25, 0.3) is 0 Å². The summed E-state index contributed by atoms with van der Waals surface area (Å²) in [5.41, 5.74) is 0.335. The first-order chi connectivity index (χ1) is 8.66. The van der Waals surface area contributed by atoms with Crippen LogP contribution >= 0.6 is 0 Å². The standard InChI is InChI=1S/C14H18N2O2/c1-10-5-3-4-6-12(10)9-18-14(17)13-7-8-15-11(2)16-13/h3-4,7-8,10,12H,5-6,9H2,1-2H3/t10-,12+/m1/s1. The fraction of sp³-hybridized carbons (Fsp3) is 0.500. The van der Waals surface area contributed by atoms with E-state index in [0.29, 0.717) is 30.0 Å². The number of allylic oxidation sites excluding steroid dienone is 2. The van der Waals surface area contributed by atoms with Crippen molar-refractivity contribution < 1.29 is 9.53 Å². The Morgan fingerprint density at radius 3 is 2.94 bits per heavy atom. The SMILES string of the molecule is Cc1nccc(C(=O)OC[C@@H]2CC=CC[C@H]2C)n1. The van der Waals surface area contributed by atoms with Gasteiger partial charge in [0.1, 0.15) is 5.82 Å². The predicted molar refractivity (Wildman–Crippen MR) is 68.1 cm³/mol. The van der Waals surface area contributed by atoms with E-state index >= 15 is 0 Å². The van der Waals surface area contributed by atoms with E-state index in [0.717, 1.165) is 12.8 Å². The molecule has 1 heterocycles. The number of rotatable bonds is 3. The number of carbonyl (C=O) groups excluding carboxylic acids is 1. The number of carbonyl (C=O) groups is 1. The number of aryl methyl sites for hydroxylation is 1. The summed E-state index contributed by atoms with van der Waals surface area (Å²) in [5.74, 6) is 1.21. The molecule has 2 rings (SSSR count). The number of hydrogen-bond acceptors (Lipinski definition) is 4. The predicted octanol–water partition coefficient (Wildman–Crippen LogP) is 2.54. The van der Waals surface area contributed by atoms with Crippen LogP contribution in [0.15, 0.2) is 24.4 Å². The minimum Gasteiger partial charge on any atom is -0.461 e. The number of nitrogens with zero attached hydrogens (tertiary/aromatic N) is 2. The van der Waals surface area contributed by atoms with Gasteiger partial charge >= 0.3 is 5.97 Å². The van der Waals surface area contributed by atoms with Gasteiger partial charge in [0.05, 0.1) is 6.61 Å². The molecule has 0 N–H and O–H groups in total. The highest BCUT2D eigenvalue weighted by atomic mass is 16.5. The van der Waals surface area contributed by atoms with Crippen molar-refractivity contribution >= 4 is 5.97 Å². The van der Waals surface area contributed by atoms with Gasteiger partial charge in [-0.1, -0.05) is 19.1 Å². The van der Waals surface area contributed by atoms with E-state index in [-0.39, 0.29) is 5.97 Å². The van der Waals surface area contributed by atoms with Crippen molar-refractivity contribution in [1.82, 2.24) is 9.97 Å². The lowest BCUT2D eigenvalue weighted by Crippen LogP contribution is -2.22. The Morgan fingerprint density at radius 2 is 2.22 bits per heavy atom. The first-order valence-electron chi connectivity index (χ1n) is 6.28. The van der Waals surface area contributed by atoms with E-state index in [1.807, 2.05) is 0 Å². The van der Waals surface area contributed by atoms with Crippen LogP contribution in [0.1, 0.15) is 36.1 Å². The molecule has 1 aliphatic rings. The van der Waals surface area contributed by atoms with E-state index in [1.165, 1.54) is 0 Å². The smallest absolute Gasteiger partial charge is 0.357 e. The largest absolute Gasteiger partial charge is 0.461 e. The van der Waals surface area contributed by atoms with Gasteiger partial charge in [0.15, 0.2) is 5.69 Å². The van der Waals surface area contributed by atoms with Crippen molar-refractivity contribution in [2.45, 2.75) is 26.7 Å². The second-order valence-corrected chi connectivity index (χ2v) is 4.77. The lowest BCUT2D eigenvalue weighted by Gasteiger charge is -2.24. The first-order valence-corrected chi connectivity index (χ1v) is 6.28. The van der Waals surface area contributed by atoms with Crippen LogP contribution in [0, 0.1) is 18.8 Å². The molecule has 2 atom stereocenters. The molecule has 0 saturated carbocycles. The second-order valence-electron chi connectivity index (χ2n) is 4.77. The molecular weight excluding hydrogens is 228 g/mol. The Kier molecular flexibility index (Phi) is 4.07. The number of aromatic nitrogens is 2. The van der Waals surface area contributed by atoms with Crippen LogP contribution in [-0.4, -0.2) is 22.5 Å². The molecule has 0 saturated heterocycles. The van der Waals surface area contributed by atoms with Crippen molar-refractivity contribution in [3.8, 4) is 0 Å². The number of hydrogen-bond donors (Lipinski definition) is 0. The zero-order chi connectivity index (χ0) is 13.0. The Balaban J connectivity index is 1.90. The highest BCUT2D eigenvalue weighted by Gasteiger charge is 2.20. The second kappa shape index (κ2) is 5.76. The first kappa shape index (κ1) is 12.7. The molecule has 1 aromatic heterocycles. The molecule has 18 heavy (non-hydrogen) atoms. The molecule has 1 aromatic rings. The van der Waals surface area contributed by atoms with Crippen molar-refractivity contribution in [1.29, 1.82) is 0 Å². The van der Waals surface area contributed by atoms with E-state index < -0.39 is 0 Å². The summed E-state index contributed by atoms with van der Waals surface area (Å²) in [6, 6.07) is 1.58. The summed E-state index contributed by atoms with van der Waals surface area (Å²) in [7, 11) is 0. The van der Waals surface area contributed by atoms with E-state index in [2.05, 4.69) is 29.0 Å². The summed E-state index contributed by atoms with van der Waals surface area (Å²) in [5, 5.41) is 0. The van der Waals surface area contributed by atoms with E-state index in [4.69, 9.17) is 4.74 Å². The third-order valence-electron chi connectivity index (χ3n) is 3.33. The molecule has 1 aliphatic carbocycles. The normalized spacial score (nSPS) is 22.8. The summed E-state index contributed by atoms with van der Waals surface area (Å²) >= 11 is 0. The average molecular weight is 246 g/mol. The number of ether oxygens (including phenoxy) is 1. The van der Waals surface area contributed by atoms with Gasteiger partial charge in [-0.25, -0.2) is 14.8 Å². The maximum atomic E-state index is 11.8. The van der Waals surface area contributed by atoms with Gasteiger partial charge in [-0.05, 0) is 37.7 Å². The fourth-order valence-corrected chi connectivity index (χ4v) is 2.07. The van der Waals surface area contributed by atoms with Crippen LogP contribution in [0.3, 0.4) is 0 Å². The topological polar surface area (TPSA) is 52.1 Å². The molecule has 4 heteroatoms. The van der Waals surface area contributed by atoms with Crippen LogP contribution in [0.4, 0.5) is 0 Å². The maximum Gasteiger partial charge on any atom is 0.357 e. The van der Waals surface area contributed by atoms with Crippen LogP contribution in [0.25, 0.3) is 0 Å². The van der Waals surface area contributed by atoms with Crippen molar-refractivity contribution in [3.05, 3.63) is 35.9 Å². The number of esters is 1. The van der Waals surface area contributed by atoms with Gasteiger partial charge in [0.2, 0.25) is 0 Å². The molecule has 0 bridgehead atoms. The molecule has 0 unspecified atom stereocenters. The minimum absolute atomic E-state index is 0.335. The molecule has 0 amide bonds. The zero-order valence-electron chi connectivity index (χ0n) is 10.8. The Hall–Kier alpha value is -1.71. The maximum absolute atomic E-state index is 11.8. The third-order valence-corrected chi connectivity index (χ3v) is 3.33. The average Bonchev–Trinajstić information content (AvgIpc) is 2.37. The van der Waals surface area contributed by atoms with Crippen molar-refractivity contribution in [2.24, 2.45) is 11.8 Å². The Bertz CT molecular complexity index is 457. The minimum atomic E-state index is -0.359. The quantitative estimate of drug-likeness (QED) is 0.607. The summed E-state index contributed by atoms with van der Waals surface area (Å²) in [4.78, 5) is 19.8. The van der Waals surface area contributed by atoms with Crippen molar-refractivity contribution in [3.63, 3.8) is 0 Å². The van der Waals surface area contributed by atoms with Crippen LogP contribution < -0.4 is 0 Å². The van der Waals surface area contributed by atoms with Gasteiger partial charge in [0, 0.05) is 6.20 Å². The molecule has 0 aliphatic heterocycles. The highest BCUT2D eigenvalue weighted by Crippen LogP contribution is 2.25. The lowest BCUT2D eigenvalue weighted by molar-refractivity contribution is 0.0388. The molecule has 96 valence electrons. The molecular formula is C14H18N2O2.